The number of ether oxygens (including phenoxy) is 2. The molecule has 4 nitrogen and oxygen atoms in total. The Morgan fingerprint density at radius 1 is 0.900 bits per heavy atom. The van der Waals surface area contributed by atoms with Crippen LogP contribution < -0.4 is 14.8 Å². The van der Waals surface area contributed by atoms with Crippen LogP contribution in [-0.2, 0) is 12.8 Å². The minimum absolute atomic E-state index is 0. The molecule has 0 aromatic heterocycles. The van der Waals surface area contributed by atoms with Gasteiger partial charge in [-0.15, -0.1) is 24.8 Å². The number of hydrogen-bond acceptors (Lipinski definition) is 4. The Balaban J connectivity index is 0.00000225. The SMILES string of the molecule is COc1ccc(CCCC2CNCCN2CCCc2ccccc2)cc1OC.Cl.Cl. The lowest BCUT2D eigenvalue weighted by Crippen LogP contribution is -2.51. The standard InChI is InChI=1S/C24H34N2O2.2ClH/c1-27-23-14-13-21(18-24(23)28-2)10-6-12-22-19-25-15-17-26(22)16-7-11-20-8-4-3-5-9-20;;/h3-5,8-9,13-14,18,22,25H,6-7,10-12,15-17,19H2,1-2H3;2*1H. The van der Waals surface area contributed by atoms with E-state index in [2.05, 4.69) is 52.7 Å². The summed E-state index contributed by atoms with van der Waals surface area (Å²) in [6, 6.07) is 17.7. The van der Waals surface area contributed by atoms with Crippen molar-refractivity contribution in [3.63, 3.8) is 0 Å². The third-order valence-electron chi connectivity index (χ3n) is 5.68. The molecule has 0 radical (unpaired) electrons. The molecule has 168 valence electrons. The second-order valence-corrected chi connectivity index (χ2v) is 7.56. The van der Waals surface area contributed by atoms with E-state index < -0.39 is 0 Å². The van der Waals surface area contributed by atoms with Gasteiger partial charge in [-0.3, -0.25) is 4.90 Å². The fraction of sp³-hybridized carbons (Fsp3) is 0.500. The Morgan fingerprint density at radius 3 is 2.37 bits per heavy atom. The van der Waals surface area contributed by atoms with Crippen LogP contribution in [0.3, 0.4) is 0 Å². The lowest BCUT2D eigenvalue weighted by atomic mass is 10.0. The summed E-state index contributed by atoms with van der Waals surface area (Å²) in [6.45, 7) is 4.57. The first-order valence-electron chi connectivity index (χ1n) is 10.5. The van der Waals surface area contributed by atoms with E-state index in [1.54, 1.807) is 14.2 Å². The Labute approximate surface area is 194 Å². The molecule has 1 heterocycles. The molecule has 0 spiro atoms. The molecule has 0 amide bonds. The highest BCUT2D eigenvalue weighted by Crippen LogP contribution is 2.28. The van der Waals surface area contributed by atoms with Gasteiger partial charge in [0.05, 0.1) is 14.2 Å². The summed E-state index contributed by atoms with van der Waals surface area (Å²) in [4.78, 5) is 2.69. The summed E-state index contributed by atoms with van der Waals surface area (Å²) in [5.41, 5.74) is 2.76. The molecule has 1 atom stereocenters. The lowest BCUT2D eigenvalue weighted by molar-refractivity contribution is 0.149. The highest BCUT2D eigenvalue weighted by atomic mass is 35.5. The van der Waals surface area contributed by atoms with Crippen molar-refractivity contribution >= 4 is 24.8 Å². The van der Waals surface area contributed by atoms with Crippen LogP contribution in [0, 0.1) is 0 Å². The van der Waals surface area contributed by atoms with Crippen LogP contribution in [0.15, 0.2) is 48.5 Å². The highest BCUT2D eigenvalue weighted by molar-refractivity contribution is 5.85. The normalized spacial score (nSPS) is 16.3. The summed E-state index contributed by atoms with van der Waals surface area (Å²) in [5, 5.41) is 3.58. The highest BCUT2D eigenvalue weighted by Gasteiger charge is 2.21. The van der Waals surface area contributed by atoms with Gasteiger partial charge >= 0.3 is 0 Å². The Morgan fingerprint density at radius 2 is 1.63 bits per heavy atom. The maximum Gasteiger partial charge on any atom is 0.160 e. The second kappa shape index (κ2) is 14.5. The number of rotatable bonds is 10. The molecule has 2 aromatic carbocycles. The molecule has 1 unspecified atom stereocenters. The van der Waals surface area contributed by atoms with Crippen molar-refractivity contribution in [2.24, 2.45) is 0 Å². The van der Waals surface area contributed by atoms with Gasteiger partial charge in [-0.1, -0.05) is 36.4 Å². The van der Waals surface area contributed by atoms with Gasteiger partial charge in [0, 0.05) is 25.7 Å². The molecule has 1 N–H and O–H groups in total. The fourth-order valence-electron chi connectivity index (χ4n) is 4.09. The first-order valence-corrected chi connectivity index (χ1v) is 10.5. The molecular weight excluding hydrogens is 419 g/mol. The molecule has 1 aliphatic rings. The zero-order valence-electron chi connectivity index (χ0n) is 18.1. The van der Waals surface area contributed by atoms with Crippen molar-refractivity contribution in [1.82, 2.24) is 10.2 Å². The number of nitrogens with zero attached hydrogens (tertiary/aromatic N) is 1. The van der Waals surface area contributed by atoms with Gasteiger partial charge in [-0.25, -0.2) is 0 Å². The third kappa shape index (κ3) is 7.99. The van der Waals surface area contributed by atoms with E-state index in [1.165, 1.54) is 43.4 Å². The van der Waals surface area contributed by atoms with Crippen molar-refractivity contribution in [3.05, 3.63) is 59.7 Å². The number of piperazine rings is 1. The Hall–Kier alpha value is -1.46. The van der Waals surface area contributed by atoms with Gasteiger partial charge in [0.1, 0.15) is 0 Å². The van der Waals surface area contributed by atoms with Crippen molar-refractivity contribution in [2.45, 2.75) is 38.1 Å². The maximum absolute atomic E-state index is 5.43. The van der Waals surface area contributed by atoms with Crippen LogP contribution in [0.25, 0.3) is 0 Å². The number of aryl methyl sites for hydroxylation is 2. The summed E-state index contributed by atoms with van der Waals surface area (Å²) in [5.74, 6) is 1.62. The topological polar surface area (TPSA) is 33.7 Å². The number of methoxy groups -OCH3 is 2. The van der Waals surface area contributed by atoms with Crippen molar-refractivity contribution in [1.29, 1.82) is 0 Å². The van der Waals surface area contributed by atoms with E-state index >= 15 is 0 Å². The van der Waals surface area contributed by atoms with E-state index in [1.807, 2.05) is 6.07 Å². The average Bonchev–Trinajstić information content (AvgIpc) is 2.75. The zero-order chi connectivity index (χ0) is 19.6. The minimum atomic E-state index is 0. The van der Waals surface area contributed by atoms with Gasteiger partial charge in [-0.2, -0.15) is 0 Å². The van der Waals surface area contributed by atoms with Crippen LogP contribution >= 0.6 is 24.8 Å². The molecule has 1 fully saturated rings. The van der Waals surface area contributed by atoms with Crippen molar-refractivity contribution in [3.8, 4) is 11.5 Å². The molecule has 1 aliphatic heterocycles. The third-order valence-corrected chi connectivity index (χ3v) is 5.68. The summed E-state index contributed by atoms with van der Waals surface area (Å²) in [7, 11) is 3.38. The molecule has 6 heteroatoms. The fourth-order valence-corrected chi connectivity index (χ4v) is 4.09. The van der Waals surface area contributed by atoms with Gasteiger partial charge < -0.3 is 14.8 Å². The van der Waals surface area contributed by atoms with Gasteiger partial charge in [0.2, 0.25) is 0 Å². The number of halogens is 2. The summed E-state index contributed by atoms with van der Waals surface area (Å²) >= 11 is 0. The predicted octanol–water partition coefficient (Wildman–Crippen LogP) is 4.78. The number of nitrogens with one attached hydrogen (secondary N) is 1. The van der Waals surface area contributed by atoms with Gasteiger partial charge in [-0.05, 0) is 61.9 Å². The second-order valence-electron chi connectivity index (χ2n) is 7.56. The van der Waals surface area contributed by atoms with Crippen LogP contribution in [0.5, 0.6) is 11.5 Å². The van der Waals surface area contributed by atoms with E-state index in [-0.39, 0.29) is 24.8 Å². The Bertz CT molecular complexity index is 716. The van der Waals surface area contributed by atoms with Crippen LogP contribution in [0.4, 0.5) is 0 Å². The first-order chi connectivity index (χ1) is 13.8. The monoisotopic (exact) mass is 454 g/mol. The maximum atomic E-state index is 5.43. The van der Waals surface area contributed by atoms with E-state index in [4.69, 9.17) is 9.47 Å². The zero-order valence-corrected chi connectivity index (χ0v) is 19.8. The van der Waals surface area contributed by atoms with Crippen LogP contribution in [-0.4, -0.2) is 51.3 Å². The molecule has 0 saturated carbocycles. The van der Waals surface area contributed by atoms with Gasteiger partial charge in [0.15, 0.2) is 11.5 Å². The molecule has 2 aromatic rings. The van der Waals surface area contributed by atoms with E-state index in [9.17, 15) is 0 Å². The molecule has 3 rings (SSSR count). The Kier molecular flexibility index (Phi) is 12.9. The first kappa shape index (κ1) is 26.6. The summed E-state index contributed by atoms with van der Waals surface area (Å²) in [6.07, 6.45) is 5.90. The van der Waals surface area contributed by atoms with Crippen LogP contribution in [0.1, 0.15) is 30.4 Å². The smallest absolute Gasteiger partial charge is 0.160 e. The van der Waals surface area contributed by atoms with Crippen molar-refractivity contribution < 1.29 is 9.47 Å². The van der Waals surface area contributed by atoms with Crippen molar-refractivity contribution in [2.75, 3.05) is 40.4 Å². The molecule has 0 aliphatic carbocycles. The molecule has 1 saturated heterocycles. The van der Waals surface area contributed by atoms with E-state index in [0.29, 0.717) is 6.04 Å². The van der Waals surface area contributed by atoms with E-state index in [0.717, 1.165) is 37.6 Å². The molecule has 0 bridgehead atoms. The number of benzene rings is 2. The predicted molar refractivity (Wildman–Crippen MR) is 130 cm³/mol. The van der Waals surface area contributed by atoms with Gasteiger partial charge in [0.25, 0.3) is 0 Å². The lowest BCUT2D eigenvalue weighted by Gasteiger charge is -2.36. The largest absolute Gasteiger partial charge is 0.493 e. The van der Waals surface area contributed by atoms with Crippen LogP contribution in [0.2, 0.25) is 0 Å². The average molecular weight is 455 g/mol. The number of hydrogen-bond donors (Lipinski definition) is 1. The summed E-state index contributed by atoms with van der Waals surface area (Å²) < 4.78 is 10.8. The minimum Gasteiger partial charge on any atom is -0.493 e. The molecule has 30 heavy (non-hydrogen) atoms. The quantitative estimate of drug-likeness (QED) is 0.559. The molecular formula is C24H36Cl2N2O2.